The third-order valence-corrected chi connectivity index (χ3v) is 2.74. The van der Waals surface area contributed by atoms with Crippen LogP contribution in [0.15, 0.2) is 16.5 Å². The van der Waals surface area contributed by atoms with E-state index in [-0.39, 0.29) is 25.6 Å². The Bertz CT molecular complexity index is 457. The first kappa shape index (κ1) is 16.0. The number of ether oxygens (including phenoxy) is 1. The van der Waals surface area contributed by atoms with Crippen LogP contribution >= 0.6 is 0 Å². The monoisotopic (exact) mass is 284 g/mol. The molecule has 1 atom stereocenters. The van der Waals surface area contributed by atoms with Crippen molar-refractivity contribution in [1.29, 1.82) is 0 Å². The quantitative estimate of drug-likeness (QED) is 0.789. The molecule has 0 radical (unpaired) electrons. The first-order chi connectivity index (χ1) is 9.43. The van der Waals surface area contributed by atoms with Gasteiger partial charge in [-0.05, 0) is 19.1 Å². The number of carboxylic acid groups (broad SMARTS) is 1. The van der Waals surface area contributed by atoms with Crippen LogP contribution < -0.4 is 5.32 Å². The number of nitrogens with zero attached hydrogens (tertiary/aromatic N) is 1. The molecule has 112 valence electrons. The van der Waals surface area contributed by atoms with E-state index in [9.17, 15) is 9.59 Å². The van der Waals surface area contributed by atoms with Crippen molar-refractivity contribution in [2.75, 3.05) is 27.3 Å². The zero-order valence-electron chi connectivity index (χ0n) is 11.9. The van der Waals surface area contributed by atoms with Gasteiger partial charge >= 0.3 is 12.0 Å². The summed E-state index contributed by atoms with van der Waals surface area (Å²) in [4.78, 5) is 23.7. The Morgan fingerprint density at radius 2 is 2.20 bits per heavy atom. The van der Waals surface area contributed by atoms with Crippen LogP contribution in [-0.4, -0.2) is 49.3 Å². The molecule has 1 unspecified atom stereocenters. The van der Waals surface area contributed by atoms with Crippen molar-refractivity contribution in [3.63, 3.8) is 0 Å². The molecule has 2 N–H and O–H groups in total. The van der Waals surface area contributed by atoms with Gasteiger partial charge in [0.05, 0.1) is 13.0 Å². The van der Waals surface area contributed by atoms with Crippen molar-refractivity contribution in [3.8, 4) is 0 Å². The molecule has 0 fully saturated rings. The fourth-order valence-electron chi connectivity index (χ4n) is 1.63. The normalized spacial score (nSPS) is 11.9. The summed E-state index contributed by atoms with van der Waals surface area (Å²) in [6.45, 7) is 2.22. The van der Waals surface area contributed by atoms with Gasteiger partial charge in [-0.25, -0.2) is 4.79 Å². The van der Waals surface area contributed by atoms with E-state index in [1.807, 2.05) is 6.92 Å². The van der Waals surface area contributed by atoms with Crippen LogP contribution in [0.2, 0.25) is 0 Å². The molecule has 0 aliphatic rings. The van der Waals surface area contributed by atoms with E-state index in [2.05, 4.69) is 5.32 Å². The molecular weight excluding hydrogens is 264 g/mol. The number of carbonyl (C=O) groups excluding carboxylic acids is 1. The Balaban J connectivity index is 2.61. The second-order valence-corrected chi connectivity index (χ2v) is 4.47. The van der Waals surface area contributed by atoms with Crippen molar-refractivity contribution >= 4 is 12.0 Å². The molecule has 2 amide bonds. The molecule has 7 heteroatoms. The molecule has 1 aromatic heterocycles. The van der Waals surface area contributed by atoms with E-state index in [1.54, 1.807) is 12.1 Å². The van der Waals surface area contributed by atoms with E-state index in [4.69, 9.17) is 14.3 Å². The predicted molar refractivity (Wildman–Crippen MR) is 71.5 cm³/mol. The van der Waals surface area contributed by atoms with E-state index in [0.29, 0.717) is 5.76 Å². The fraction of sp³-hybridized carbons (Fsp3) is 0.538. The van der Waals surface area contributed by atoms with Gasteiger partial charge in [-0.15, -0.1) is 0 Å². The Kier molecular flexibility index (Phi) is 6.05. The van der Waals surface area contributed by atoms with Crippen molar-refractivity contribution in [2.24, 2.45) is 0 Å². The lowest BCUT2D eigenvalue weighted by Gasteiger charge is -2.21. The molecule has 0 spiro atoms. The number of carbonyl (C=O) groups is 2. The summed E-state index contributed by atoms with van der Waals surface area (Å²) < 4.78 is 10.5. The van der Waals surface area contributed by atoms with Gasteiger partial charge in [0.1, 0.15) is 17.6 Å². The number of carboxylic acids is 1. The number of hydrogen-bond donors (Lipinski definition) is 2. The summed E-state index contributed by atoms with van der Waals surface area (Å²) >= 11 is 0. The van der Waals surface area contributed by atoms with Gasteiger partial charge in [0.15, 0.2) is 0 Å². The number of aliphatic carboxylic acids is 1. The van der Waals surface area contributed by atoms with Gasteiger partial charge in [0, 0.05) is 20.7 Å². The summed E-state index contributed by atoms with van der Waals surface area (Å²) in [5.41, 5.74) is 0. The maximum absolute atomic E-state index is 11.9. The first-order valence-corrected chi connectivity index (χ1v) is 6.22. The number of rotatable bonds is 7. The van der Waals surface area contributed by atoms with Crippen LogP contribution in [0.3, 0.4) is 0 Å². The number of urea groups is 1. The van der Waals surface area contributed by atoms with Crippen molar-refractivity contribution < 1.29 is 23.8 Å². The highest BCUT2D eigenvalue weighted by Gasteiger charge is 2.20. The predicted octanol–water partition coefficient (Wildman–Crippen LogP) is 1.39. The number of hydrogen-bond acceptors (Lipinski definition) is 4. The molecule has 7 nitrogen and oxygen atoms in total. The Labute approximate surface area is 117 Å². The van der Waals surface area contributed by atoms with Crippen molar-refractivity contribution in [1.82, 2.24) is 10.2 Å². The molecule has 0 bridgehead atoms. The SMILES string of the molecule is COCC(NC(=O)N(C)CCC(=O)O)c1ccc(C)o1. The van der Waals surface area contributed by atoms with E-state index < -0.39 is 12.0 Å². The smallest absolute Gasteiger partial charge is 0.317 e. The summed E-state index contributed by atoms with van der Waals surface area (Å²) in [7, 11) is 3.07. The lowest BCUT2D eigenvalue weighted by atomic mass is 10.2. The molecule has 0 aliphatic heterocycles. The third kappa shape index (κ3) is 4.93. The average Bonchev–Trinajstić information content (AvgIpc) is 2.81. The lowest BCUT2D eigenvalue weighted by molar-refractivity contribution is -0.137. The van der Waals surface area contributed by atoms with Gasteiger partial charge < -0.3 is 24.5 Å². The summed E-state index contributed by atoms with van der Waals surface area (Å²) in [5.74, 6) is 0.402. The number of nitrogens with one attached hydrogen (secondary N) is 1. The van der Waals surface area contributed by atoms with Gasteiger partial charge in [0.25, 0.3) is 0 Å². The number of methoxy groups -OCH3 is 1. The molecule has 1 heterocycles. The summed E-state index contributed by atoms with van der Waals surface area (Å²) in [5, 5.41) is 11.3. The largest absolute Gasteiger partial charge is 0.481 e. The van der Waals surface area contributed by atoms with E-state index >= 15 is 0 Å². The minimum atomic E-state index is -0.945. The molecular formula is C13H20N2O5. The van der Waals surface area contributed by atoms with E-state index in [0.717, 1.165) is 5.76 Å². The summed E-state index contributed by atoms with van der Waals surface area (Å²) in [6, 6.07) is 2.80. The fourth-order valence-corrected chi connectivity index (χ4v) is 1.63. The maximum Gasteiger partial charge on any atom is 0.317 e. The summed E-state index contributed by atoms with van der Waals surface area (Å²) in [6.07, 6.45) is -0.0985. The molecule has 0 aromatic carbocycles. The molecule has 1 aromatic rings. The minimum Gasteiger partial charge on any atom is -0.481 e. The van der Waals surface area contributed by atoms with E-state index in [1.165, 1.54) is 19.1 Å². The second kappa shape index (κ2) is 7.54. The minimum absolute atomic E-state index is 0.0985. The number of amides is 2. The Morgan fingerprint density at radius 1 is 1.50 bits per heavy atom. The second-order valence-electron chi connectivity index (χ2n) is 4.47. The maximum atomic E-state index is 11.9. The molecule has 20 heavy (non-hydrogen) atoms. The molecule has 0 aliphatic carbocycles. The highest BCUT2D eigenvalue weighted by atomic mass is 16.5. The van der Waals surface area contributed by atoms with Crippen LogP contribution in [0.1, 0.15) is 24.0 Å². The highest BCUT2D eigenvalue weighted by Crippen LogP contribution is 2.16. The Hall–Kier alpha value is -2.02. The first-order valence-electron chi connectivity index (χ1n) is 6.22. The van der Waals surface area contributed by atoms with Crippen LogP contribution in [0.5, 0.6) is 0 Å². The lowest BCUT2D eigenvalue weighted by Crippen LogP contribution is -2.41. The van der Waals surface area contributed by atoms with Crippen LogP contribution in [0.4, 0.5) is 4.79 Å². The van der Waals surface area contributed by atoms with Gasteiger partial charge in [-0.2, -0.15) is 0 Å². The number of aryl methyl sites for hydroxylation is 1. The number of furan rings is 1. The highest BCUT2D eigenvalue weighted by molar-refractivity contribution is 5.75. The van der Waals surface area contributed by atoms with Crippen molar-refractivity contribution in [3.05, 3.63) is 23.7 Å². The van der Waals surface area contributed by atoms with Gasteiger partial charge in [-0.1, -0.05) is 0 Å². The molecule has 1 rings (SSSR count). The van der Waals surface area contributed by atoms with Crippen molar-refractivity contribution in [2.45, 2.75) is 19.4 Å². The topological polar surface area (TPSA) is 92.0 Å². The molecule has 0 saturated heterocycles. The zero-order valence-corrected chi connectivity index (χ0v) is 11.9. The standard InChI is InChI=1S/C13H20N2O5/c1-9-4-5-11(20-9)10(8-19-3)14-13(18)15(2)7-6-12(16)17/h4-5,10H,6-8H2,1-3H3,(H,14,18)(H,16,17). The zero-order chi connectivity index (χ0) is 15.1. The Morgan fingerprint density at radius 3 is 2.70 bits per heavy atom. The van der Waals surface area contributed by atoms with Crippen LogP contribution in [0, 0.1) is 6.92 Å². The van der Waals surface area contributed by atoms with Crippen LogP contribution in [0.25, 0.3) is 0 Å². The van der Waals surface area contributed by atoms with Gasteiger partial charge in [0.2, 0.25) is 0 Å². The molecule has 0 saturated carbocycles. The van der Waals surface area contributed by atoms with Crippen LogP contribution in [-0.2, 0) is 9.53 Å². The third-order valence-electron chi connectivity index (χ3n) is 2.74. The average molecular weight is 284 g/mol. The van der Waals surface area contributed by atoms with Gasteiger partial charge in [-0.3, -0.25) is 4.79 Å².